The Morgan fingerprint density at radius 3 is 2.76 bits per heavy atom. The zero-order valence-corrected chi connectivity index (χ0v) is 11.3. The van der Waals surface area contributed by atoms with Gasteiger partial charge in [-0.25, -0.2) is 9.78 Å². The number of nitrogens with one attached hydrogen (secondary N) is 1. The molecule has 0 aromatic carbocycles. The summed E-state index contributed by atoms with van der Waals surface area (Å²) in [6.07, 6.45) is 4.75. The molecule has 0 atom stereocenters. The van der Waals surface area contributed by atoms with Crippen molar-refractivity contribution in [1.29, 1.82) is 0 Å². The first-order chi connectivity index (χ1) is 8.10. The van der Waals surface area contributed by atoms with Gasteiger partial charge in [-0.1, -0.05) is 18.3 Å². The van der Waals surface area contributed by atoms with Crippen LogP contribution in [0.2, 0.25) is 0 Å². The zero-order valence-electron chi connectivity index (χ0n) is 10.5. The molecule has 1 N–H and O–H groups in total. The Morgan fingerprint density at radius 2 is 2.29 bits per heavy atom. The molecule has 1 heterocycles. The lowest BCUT2D eigenvalue weighted by Crippen LogP contribution is -2.44. The summed E-state index contributed by atoms with van der Waals surface area (Å²) in [5, 5.41) is 4.32. The van der Waals surface area contributed by atoms with Crippen molar-refractivity contribution in [2.75, 3.05) is 12.4 Å². The number of aryl methyl sites for hydroxylation is 1. The number of hydrogen-bond donors (Lipinski definition) is 1. The Hall–Kier alpha value is -1.10. The molecule has 0 unspecified atom stereocenters. The lowest BCUT2D eigenvalue weighted by molar-refractivity contribution is 0.0605. The van der Waals surface area contributed by atoms with E-state index in [9.17, 15) is 4.79 Å². The number of ether oxygens (including phenoxy) is 1. The Balaban J connectivity index is 2.15. The highest BCUT2D eigenvalue weighted by Crippen LogP contribution is 2.39. The minimum atomic E-state index is -0.299. The van der Waals surface area contributed by atoms with Gasteiger partial charge in [-0.15, -0.1) is 0 Å². The van der Waals surface area contributed by atoms with E-state index in [0.29, 0.717) is 4.88 Å². The molecule has 0 radical (unpaired) electrons. The summed E-state index contributed by atoms with van der Waals surface area (Å²) in [4.78, 5) is 16.5. The third-order valence-electron chi connectivity index (χ3n) is 3.53. The lowest BCUT2D eigenvalue weighted by Gasteiger charge is -2.41. The van der Waals surface area contributed by atoms with Crippen LogP contribution in [0.4, 0.5) is 5.13 Å². The third kappa shape index (κ3) is 2.29. The Labute approximate surface area is 105 Å². The summed E-state index contributed by atoms with van der Waals surface area (Å²) in [7, 11) is 1.40. The van der Waals surface area contributed by atoms with Crippen molar-refractivity contribution in [3.8, 4) is 0 Å². The van der Waals surface area contributed by atoms with Crippen LogP contribution in [0.5, 0.6) is 0 Å². The second-order valence-electron chi connectivity index (χ2n) is 4.54. The fourth-order valence-electron chi connectivity index (χ4n) is 2.13. The van der Waals surface area contributed by atoms with Gasteiger partial charge in [0, 0.05) is 5.54 Å². The molecule has 1 aliphatic carbocycles. The molecule has 0 amide bonds. The predicted octanol–water partition coefficient (Wildman–Crippen LogP) is 2.98. The van der Waals surface area contributed by atoms with Gasteiger partial charge in [-0.2, -0.15) is 0 Å². The van der Waals surface area contributed by atoms with Gasteiger partial charge in [0.2, 0.25) is 0 Å². The fraction of sp³-hybridized carbons (Fsp3) is 0.667. The molecule has 0 bridgehead atoms. The van der Waals surface area contributed by atoms with Gasteiger partial charge in [0.15, 0.2) is 5.13 Å². The Bertz CT molecular complexity index is 419. The van der Waals surface area contributed by atoms with Crippen LogP contribution >= 0.6 is 11.3 Å². The van der Waals surface area contributed by atoms with E-state index in [4.69, 9.17) is 4.74 Å². The van der Waals surface area contributed by atoms with E-state index in [0.717, 1.165) is 17.2 Å². The van der Waals surface area contributed by atoms with Crippen LogP contribution in [0, 0.1) is 6.92 Å². The first-order valence-corrected chi connectivity index (χ1v) is 6.76. The van der Waals surface area contributed by atoms with Crippen molar-refractivity contribution >= 4 is 22.4 Å². The Morgan fingerprint density at radius 1 is 1.59 bits per heavy atom. The first-order valence-electron chi connectivity index (χ1n) is 5.94. The first kappa shape index (κ1) is 12.4. The summed E-state index contributed by atoms with van der Waals surface area (Å²) in [6, 6.07) is 0. The highest BCUT2D eigenvalue weighted by atomic mass is 32.1. The number of aromatic nitrogens is 1. The normalized spacial score (nSPS) is 17.4. The molecule has 94 valence electrons. The molecule has 2 rings (SSSR count). The van der Waals surface area contributed by atoms with Gasteiger partial charge in [0.25, 0.3) is 0 Å². The van der Waals surface area contributed by atoms with Gasteiger partial charge in [-0.05, 0) is 32.6 Å². The number of hydrogen-bond acceptors (Lipinski definition) is 5. The van der Waals surface area contributed by atoms with Gasteiger partial charge in [-0.3, -0.25) is 0 Å². The number of carbonyl (C=O) groups excluding carboxylic acids is 1. The molecule has 5 heteroatoms. The largest absolute Gasteiger partial charge is 0.465 e. The topological polar surface area (TPSA) is 51.2 Å². The van der Waals surface area contributed by atoms with Crippen LogP contribution in [0.1, 0.15) is 48.0 Å². The second kappa shape index (κ2) is 4.64. The molecule has 0 saturated heterocycles. The molecular formula is C12H18N2O2S. The molecule has 1 aromatic rings. The van der Waals surface area contributed by atoms with E-state index in [1.165, 1.54) is 37.7 Å². The van der Waals surface area contributed by atoms with Crippen molar-refractivity contribution < 1.29 is 9.53 Å². The van der Waals surface area contributed by atoms with Gasteiger partial charge < -0.3 is 10.1 Å². The zero-order chi connectivity index (χ0) is 12.5. The summed E-state index contributed by atoms with van der Waals surface area (Å²) in [5.41, 5.74) is 0.951. The van der Waals surface area contributed by atoms with Gasteiger partial charge in [0.1, 0.15) is 4.88 Å². The van der Waals surface area contributed by atoms with E-state index >= 15 is 0 Å². The number of nitrogens with zero attached hydrogens (tertiary/aromatic N) is 1. The molecule has 1 aliphatic rings. The van der Waals surface area contributed by atoms with E-state index in [2.05, 4.69) is 17.2 Å². The van der Waals surface area contributed by atoms with Gasteiger partial charge >= 0.3 is 5.97 Å². The number of anilines is 1. The van der Waals surface area contributed by atoms with E-state index in [1.807, 2.05) is 6.92 Å². The van der Waals surface area contributed by atoms with E-state index < -0.39 is 0 Å². The molecule has 0 spiro atoms. The van der Waals surface area contributed by atoms with Gasteiger partial charge in [0.05, 0.1) is 12.8 Å². The highest BCUT2D eigenvalue weighted by molar-refractivity contribution is 7.17. The quantitative estimate of drug-likeness (QED) is 0.839. The molecule has 17 heavy (non-hydrogen) atoms. The molecule has 1 saturated carbocycles. The third-order valence-corrected chi connectivity index (χ3v) is 4.58. The monoisotopic (exact) mass is 254 g/mol. The average molecular weight is 254 g/mol. The van der Waals surface area contributed by atoms with Crippen molar-refractivity contribution in [2.45, 2.75) is 45.1 Å². The second-order valence-corrected chi connectivity index (χ2v) is 5.54. The van der Waals surface area contributed by atoms with Crippen molar-refractivity contribution in [1.82, 2.24) is 4.98 Å². The standard InChI is InChI=1S/C12H18N2O2S/c1-4-12(6-5-7-12)14-11-13-8(2)9(17-11)10(15)16-3/h4-7H2,1-3H3,(H,13,14). The summed E-state index contributed by atoms with van der Waals surface area (Å²) >= 11 is 1.39. The summed E-state index contributed by atoms with van der Waals surface area (Å²) in [5.74, 6) is -0.299. The number of rotatable bonds is 4. The molecule has 0 aliphatic heterocycles. The molecule has 1 aromatic heterocycles. The Kier molecular flexibility index (Phi) is 3.38. The average Bonchev–Trinajstić information content (AvgIpc) is 2.64. The maximum atomic E-state index is 11.5. The van der Waals surface area contributed by atoms with Crippen LogP contribution in [-0.4, -0.2) is 23.6 Å². The van der Waals surface area contributed by atoms with Crippen molar-refractivity contribution in [2.24, 2.45) is 0 Å². The van der Waals surface area contributed by atoms with Crippen LogP contribution in [0.3, 0.4) is 0 Å². The maximum Gasteiger partial charge on any atom is 0.350 e. The van der Waals surface area contributed by atoms with Crippen LogP contribution in [-0.2, 0) is 4.74 Å². The van der Waals surface area contributed by atoms with Crippen LogP contribution in [0.15, 0.2) is 0 Å². The minimum absolute atomic E-state index is 0.206. The van der Waals surface area contributed by atoms with Crippen LogP contribution in [0.25, 0.3) is 0 Å². The number of esters is 1. The van der Waals surface area contributed by atoms with E-state index in [1.54, 1.807) is 0 Å². The molecular weight excluding hydrogens is 236 g/mol. The van der Waals surface area contributed by atoms with Crippen molar-refractivity contribution in [3.63, 3.8) is 0 Å². The highest BCUT2D eigenvalue weighted by Gasteiger charge is 2.35. The maximum absolute atomic E-state index is 11.5. The SMILES string of the molecule is CCC1(Nc2nc(C)c(C(=O)OC)s2)CCC1. The van der Waals surface area contributed by atoms with Crippen molar-refractivity contribution in [3.05, 3.63) is 10.6 Å². The molecule has 1 fully saturated rings. The minimum Gasteiger partial charge on any atom is -0.465 e. The summed E-state index contributed by atoms with van der Waals surface area (Å²) in [6.45, 7) is 4.03. The summed E-state index contributed by atoms with van der Waals surface area (Å²) < 4.78 is 4.73. The number of thiazole rings is 1. The fourth-order valence-corrected chi connectivity index (χ4v) is 3.13. The molecule has 4 nitrogen and oxygen atoms in total. The number of carbonyl (C=O) groups is 1. The lowest BCUT2D eigenvalue weighted by atomic mass is 9.75. The van der Waals surface area contributed by atoms with Crippen LogP contribution < -0.4 is 5.32 Å². The number of methoxy groups -OCH3 is 1. The van der Waals surface area contributed by atoms with E-state index in [-0.39, 0.29) is 11.5 Å². The smallest absolute Gasteiger partial charge is 0.350 e. The predicted molar refractivity (Wildman–Crippen MR) is 68.7 cm³/mol.